The molecule has 140 valence electrons. The van der Waals surface area contributed by atoms with E-state index in [1.54, 1.807) is 25.3 Å². The highest BCUT2D eigenvalue weighted by Gasteiger charge is 2.30. The van der Waals surface area contributed by atoms with E-state index in [4.69, 9.17) is 0 Å². The Morgan fingerprint density at radius 1 is 1.26 bits per heavy atom. The van der Waals surface area contributed by atoms with Crippen molar-refractivity contribution in [3.63, 3.8) is 0 Å². The Labute approximate surface area is 161 Å². The van der Waals surface area contributed by atoms with Crippen LogP contribution in [0.4, 0.5) is 0 Å². The summed E-state index contributed by atoms with van der Waals surface area (Å²) >= 11 is 1.48. The van der Waals surface area contributed by atoms with Crippen LogP contribution >= 0.6 is 11.3 Å². The molecule has 0 spiro atoms. The summed E-state index contributed by atoms with van der Waals surface area (Å²) in [5.41, 5.74) is 1.43. The van der Waals surface area contributed by atoms with Crippen LogP contribution in [0.25, 0.3) is 0 Å². The SMILES string of the molecule is C[C@H](NC(=O)Cc1cccs1)C(=O)NC1C(=O)N(C)N=Cc2ccccc21. The van der Waals surface area contributed by atoms with Gasteiger partial charge in [-0.3, -0.25) is 14.4 Å². The van der Waals surface area contributed by atoms with E-state index in [9.17, 15) is 14.4 Å². The number of rotatable bonds is 5. The number of benzene rings is 1. The summed E-state index contributed by atoms with van der Waals surface area (Å²) < 4.78 is 0. The molecule has 7 nitrogen and oxygen atoms in total. The van der Waals surface area contributed by atoms with Gasteiger partial charge in [0.1, 0.15) is 12.1 Å². The fourth-order valence-electron chi connectivity index (χ4n) is 2.75. The van der Waals surface area contributed by atoms with E-state index in [-0.39, 0.29) is 18.2 Å². The number of likely N-dealkylation sites (N-methyl/N-ethyl adjacent to an activating group) is 1. The molecule has 1 aromatic carbocycles. The third-order valence-corrected chi connectivity index (χ3v) is 5.09. The predicted octanol–water partition coefficient (Wildman–Crippen LogP) is 1.46. The lowest BCUT2D eigenvalue weighted by Crippen LogP contribution is -2.48. The van der Waals surface area contributed by atoms with Crippen LogP contribution in [0.1, 0.15) is 29.0 Å². The number of nitrogens with zero attached hydrogens (tertiary/aromatic N) is 2. The van der Waals surface area contributed by atoms with E-state index in [1.165, 1.54) is 23.4 Å². The minimum atomic E-state index is -0.863. The first-order valence-electron chi connectivity index (χ1n) is 8.48. The van der Waals surface area contributed by atoms with E-state index >= 15 is 0 Å². The van der Waals surface area contributed by atoms with Gasteiger partial charge in [-0.25, -0.2) is 5.01 Å². The van der Waals surface area contributed by atoms with Crippen LogP contribution in [0.15, 0.2) is 46.9 Å². The molecular weight excluding hydrogens is 364 g/mol. The summed E-state index contributed by atoms with van der Waals surface area (Å²) in [5, 5.41) is 12.6. The molecule has 0 radical (unpaired) electrons. The third-order valence-electron chi connectivity index (χ3n) is 4.22. The van der Waals surface area contributed by atoms with E-state index in [0.717, 1.165) is 10.4 Å². The number of fused-ring (bicyclic) bond motifs is 1. The normalized spacial score (nSPS) is 17.0. The Morgan fingerprint density at radius 3 is 2.78 bits per heavy atom. The summed E-state index contributed by atoms with van der Waals surface area (Å²) in [6.07, 6.45) is 1.81. The van der Waals surface area contributed by atoms with Gasteiger partial charge in [0, 0.05) is 17.5 Å². The molecule has 0 saturated heterocycles. The zero-order valence-electron chi connectivity index (χ0n) is 15.0. The highest BCUT2D eigenvalue weighted by Crippen LogP contribution is 2.22. The summed E-state index contributed by atoms with van der Waals surface area (Å²) in [7, 11) is 1.54. The minimum Gasteiger partial charge on any atom is -0.344 e. The zero-order valence-corrected chi connectivity index (χ0v) is 15.8. The minimum absolute atomic E-state index is 0.219. The van der Waals surface area contributed by atoms with Crippen molar-refractivity contribution < 1.29 is 14.4 Å². The van der Waals surface area contributed by atoms with Crippen molar-refractivity contribution in [3.05, 3.63) is 57.8 Å². The Balaban J connectivity index is 1.68. The Hall–Kier alpha value is -3.00. The summed E-state index contributed by atoms with van der Waals surface area (Å²) in [4.78, 5) is 38.2. The molecule has 2 atom stereocenters. The molecule has 0 saturated carbocycles. The van der Waals surface area contributed by atoms with Gasteiger partial charge < -0.3 is 10.6 Å². The second-order valence-electron chi connectivity index (χ2n) is 6.22. The average Bonchev–Trinajstić information content (AvgIpc) is 3.12. The van der Waals surface area contributed by atoms with Gasteiger partial charge in [-0.05, 0) is 23.9 Å². The van der Waals surface area contributed by atoms with Gasteiger partial charge in [-0.2, -0.15) is 5.10 Å². The largest absolute Gasteiger partial charge is 0.344 e. The lowest BCUT2D eigenvalue weighted by Gasteiger charge is -2.22. The molecule has 3 amide bonds. The molecule has 0 bridgehead atoms. The molecular formula is C19H20N4O3S. The smallest absolute Gasteiger partial charge is 0.269 e. The second-order valence-corrected chi connectivity index (χ2v) is 7.25. The maximum Gasteiger partial charge on any atom is 0.269 e. The van der Waals surface area contributed by atoms with Gasteiger partial charge in [0.2, 0.25) is 11.8 Å². The van der Waals surface area contributed by atoms with Crippen molar-refractivity contribution in [2.24, 2.45) is 5.10 Å². The predicted molar refractivity (Wildman–Crippen MR) is 103 cm³/mol. The van der Waals surface area contributed by atoms with Crippen LogP contribution in [0.5, 0.6) is 0 Å². The average molecular weight is 384 g/mol. The second kappa shape index (κ2) is 8.13. The molecule has 0 aliphatic carbocycles. The van der Waals surface area contributed by atoms with E-state index in [0.29, 0.717) is 5.56 Å². The molecule has 2 aromatic rings. The first-order valence-corrected chi connectivity index (χ1v) is 9.36. The number of carbonyl (C=O) groups excluding carboxylic acids is 3. The Morgan fingerprint density at radius 2 is 2.04 bits per heavy atom. The first kappa shape index (κ1) is 18.8. The van der Waals surface area contributed by atoms with Gasteiger partial charge in [-0.15, -0.1) is 11.3 Å². The highest BCUT2D eigenvalue weighted by atomic mass is 32.1. The maximum absolute atomic E-state index is 12.6. The summed E-state index contributed by atoms with van der Waals surface area (Å²) in [6, 6.07) is 9.36. The van der Waals surface area contributed by atoms with Crippen molar-refractivity contribution in [3.8, 4) is 0 Å². The van der Waals surface area contributed by atoms with Gasteiger partial charge in [0.25, 0.3) is 5.91 Å². The molecule has 27 heavy (non-hydrogen) atoms. The number of amides is 3. The van der Waals surface area contributed by atoms with Crippen LogP contribution in [0, 0.1) is 0 Å². The van der Waals surface area contributed by atoms with Gasteiger partial charge >= 0.3 is 0 Å². The van der Waals surface area contributed by atoms with Crippen LogP contribution in [-0.4, -0.2) is 42.0 Å². The molecule has 2 N–H and O–H groups in total. The molecule has 1 aliphatic heterocycles. The summed E-state index contributed by atoms with van der Waals surface area (Å²) in [6.45, 7) is 1.59. The molecule has 8 heteroatoms. The zero-order chi connectivity index (χ0) is 19.4. The number of thiophene rings is 1. The highest BCUT2D eigenvalue weighted by molar-refractivity contribution is 7.10. The number of carbonyl (C=O) groups is 3. The molecule has 2 heterocycles. The fraction of sp³-hybridized carbons (Fsp3) is 0.263. The van der Waals surface area contributed by atoms with E-state index < -0.39 is 18.0 Å². The van der Waals surface area contributed by atoms with Crippen LogP contribution in [-0.2, 0) is 20.8 Å². The molecule has 1 aromatic heterocycles. The Kier molecular flexibility index (Phi) is 5.66. The number of hydrazone groups is 1. The van der Waals surface area contributed by atoms with E-state index in [1.807, 2.05) is 29.6 Å². The number of nitrogens with one attached hydrogen (secondary N) is 2. The topological polar surface area (TPSA) is 90.9 Å². The van der Waals surface area contributed by atoms with Crippen molar-refractivity contribution in [1.29, 1.82) is 0 Å². The standard InChI is InChI=1S/C19H20N4O3S/c1-12(21-16(24)10-14-7-5-9-27-14)18(25)22-17-15-8-4-3-6-13(15)11-20-23(2)19(17)26/h3-9,11-12,17H,10H2,1-2H3,(H,21,24)(H,22,25)/t12-,17?/m0/s1. The van der Waals surface area contributed by atoms with Gasteiger partial charge in [0.05, 0.1) is 12.6 Å². The monoisotopic (exact) mass is 384 g/mol. The first-order chi connectivity index (χ1) is 13.0. The number of hydrogen-bond acceptors (Lipinski definition) is 5. The summed E-state index contributed by atoms with van der Waals surface area (Å²) in [5.74, 6) is -1.02. The molecule has 0 fully saturated rings. The van der Waals surface area contributed by atoms with Gasteiger partial charge in [0.15, 0.2) is 0 Å². The van der Waals surface area contributed by atoms with E-state index in [2.05, 4.69) is 15.7 Å². The van der Waals surface area contributed by atoms with Crippen molar-refractivity contribution >= 4 is 35.3 Å². The Bertz CT molecular complexity index is 879. The van der Waals surface area contributed by atoms with Crippen LogP contribution < -0.4 is 10.6 Å². The molecule has 3 rings (SSSR count). The quantitative estimate of drug-likeness (QED) is 0.818. The molecule has 1 aliphatic rings. The number of hydrogen-bond donors (Lipinski definition) is 2. The van der Waals surface area contributed by atoms with Crippen molar-refractivity contribution in [2.45, 2.75) is 25.4 Å². The fourth-order valence-corrected chi connectivity index (χ4v) is 3.46. The third kappa shape index (κ3) is 4.40. The molecule has 1 unspecified atom stereocenters. The van der Waals surface area contributed by atoms with Crippen molar-refractivity contribution in [1.82, 2.24) is 15.6 Å². The van der Waals surface area contributed by atoms with Crippen molar-refractivity contribution in [2.75, 3.05) is 7.05 Å². The lowest BCUT2D eigenvalue weighted by molar-refractivity contribution is -0.136. The lowest BCUT2D eigenvalue weighted by atomic mass is 10.00. The van der Waals surface area contributed by atoms with Gasteiger partial charge in [-0.1, -0.05) is 30.3 Å². The maximum atomic E-state index is 12.6. The van der Waals surface area contributed by atoms with Crippen LogP contribution in [0.2, 0.25) is 0 Å². The van der Waals surface area contributed by atoms with Crippen LogP contribution in [0.3, 0.4) is 0 Å².